The Kier molecular flexibility index (Phi) is 6.14. The molecular formula is C19H21ClN4O. The van der Waals surface area contributed by atoms with Gasteiger partial charge in [-0.3, -0.25) is 14.7 Å². The van der Waals surface area contributed by atoms with E-state index in [1.54, 1.807) is 12.4 Å². The molecule has 3 rings (SSSR count). The summed E-state index contributed by atoms with van der Waals surface area (Å²) in [5, 5.41) is 4.75. The number of carbonyl (C=O) groups excluding carboxylic acids is 1. The summed E-state index contributed by atoms with van der Waals surface area (Å²) in [7, 11) is 0. The Balaban J connectivity index is 1.43. The van der Waals surface area contributed by atoms with E-state index in [1.807, 2.05) is 42.5 Å². The largest absolute Gasteiger partial charge is 0.299 e. The SMILES string of the molecule is O=C(N/N=C/c1ccccn1)C1CCN(Cc2ccc(Cl)cc2)CC1. The number of amides is 1. The molecular weight excluding hydrogens is 336 g/mol. The van der Waals surface area contributed by atoms with Crippen LogP contribution in [-0.2, 0) is 11.3 Å². The summed E-state index contributed by atoms with van der Waals surface area (Å²) in [6.07, 6.45) is 4.95. The number of hydrogen-bond acceptors (Lipinski definition) is 4. The Morgan fingerprint density at radius 2 is 2.00 bits per heavy atom. The van der Waals surface area contributed by atoms with E-state index >= 15 is 0 Å². The molecule has 0 atom stereocenters. The summed E-state index contributed by atoms with van der Waals surface area (Å²) in [6, 6.07) is 13.5. The lowest BCUT2D eigenvalue weighted by atomic mass is 9.96. The number of carbonyl (C=O) groups is 1. The van der Waals surface area contributed by atoms with Gasteiger partial charge in [-0.05, 0) is 55.8 Å². The molecule has 130 valence electrons. The van der Waals surface area contributed by atoms with Crippen LogP contribution in [0.4, 0.5) is 0 Å². The van der Waals surface area contributed by atoms with Crippen LogP contribution in [0.25, 0.3) is 0 Å². The third-order valence-corrected chi connectivity index (χ3v) is 4.59. The zero-order valence-electron chi connectivity index (χ0n) is 13.9. The number of halogens is 1. The second kappa shape index (κ2) is 8.74. The Hall–Kier alpha value is -2.24. The van der Waals surface area contributed by atoms with Gasteiger partial charge < -0.3 is 0 Å². The minimum atomic E-state index is -0.0154. The van der Waals surface area contributed by atoms with Crippen molar-refractivity contribution in [2.24, 2.45) is 11.0 Å². The lowest BCUT2D eigenvalue weighted by Gasteiger charge is -2.30. The number of rotatable bonds is 5. The number of nitrogens with one attached hydrogen (secondary N) is 1. The van der Waals surface area contributed by atoms with Crippen molar-refractivity contribution < 1.29 is 4.79 Å². The first kappa shape index (κ1) is 17.6. The lowest BCUT2D eigenvalue weighted by molar-refractivity contribution is -0.126. The molecule has 1 aliphatic rings. The third-order valence-electron chi connectivity index (χ3n) is 4.34. The van der Waals surface area contributed by atoms with Gasteiger partial charge in [-0.15, -0.1) is 0 Å². The Morgan fingerprint density at radius 1 is 1.24 bits per heavy atom. The van der Waals surface area contributed by atoms with E-state index in [0.29, 0.717) is 0 Å². The first-order valence-corrected chi connectivity index (χ1v) is 8.79. The van der Waals surface area contributed by atoms with Gasteiger partial charge in [-0.1, -0.05) is 29.8 Å². The fourth-order valence-electron chi connectivity index (χ4n) is 2.91. The summed E-state index contributed by atoms with van der Waals surface area (Å²) in [5.74, 6) is 0.000624. The summed E-state index contributed by atoms with van der Waals surface area (Å²) in [6.45, 7) is 2.71. The van der Waals surface area contributed by atoms with Gasteiger partial charge in [0.25, 0.3) is 0 Å². The van der Waals surface area contributed by atoms with E-state index < -0.39 is 0 Å². The van der Waals surface area contributed by atoms with Crippen LogP contribution in [0.2, 0.25) is 5.02 Å². The Morgan fingerprint density at radius 3 is 2.68 bits per heavy atom. The fraction of sp³-hybridized carbons (Fsp3) is 0.316. The van der Waals surface area contributed by atoms with E-state index in [0.717, 1.165) is 43.2 Å². The zero-order chi connectivity index (χ0) is 17.5. The van der Waals surface area contributed by atoms with E-state index in [1.165, 1.54) is 5.56 Å². The normalized spacial score (nSPS) is 16.2. The van der Waals surface area contributed by atoms with Crippen LogP contribution in [0.15, 0.2) is 53.8 Å². The molecule has 2 aromatic rings. The number of nitrogens with zero attached hydrogens (tertiary/aromatic N) is 3. The highest BCUT2D eigenvalue weighted by atomic mass is 35.5. The number of aromatic nitrogens is 1. The number of benzene rings is 1. The molecule has 1 N–H and O–H groups in total. The third kappa shape index (κ3) is 5.37. The zero-order valence-corrected chi connectivity index (χ0v) is 14.7. The van der Waals surface area contributed by atoms with Crippen LogP contribution >= 0.6 is 11.6 Å². The number of piperidine rings is 1. The second-order valence-electron chi connectivity index (χ2n) is 6.17. The maximum absolute atomic E-state index is 12.2. The standard InChI is InChI=1S/C19H21ClN4O/c20-17-6-4-15(5-7-17)14-24-11-8-16(9-12-24)19(25)23-22-13-18-3-1-2-10-21-18/h1-7,10,13,16H,8-9,11-12,14H2,(H,23,25)/b22-13+. The lowest BCUT2D eigenvalue weighted by Crippen LogP contribution is -2.39. The molecule has 2 heterocycles. The van der Waals surface area contributed by atoms with Crippen LogP contribution in [-0.4, -0.2) is 35.1 Å². The molecule has 0 unspecified atom stereocenters. The van der Waals surface area contributed by atoms with Crippen molar-refractivity contribution in [1.82, 2.24) is 15.3 Å². The van der Waals surface area contributed by atoms with E-state index in [9.17, 15) is 4.79 Å². The molecule has 1 aliphatic heterocycles. The summed E-state index contributed by atoms with van der Waals surface area (Å²) < 4.78 is 0. The fourth-order valence-corrected chi connectivity index (χ4v) is 3.03. The first-order valence-electron chi connectivity index (χ1n) is 8.41. The summed E-state index contributed by atoms with van der Waals surface area (Å²) >= 11 is 5.92. The van der Waals surface area contributed by atoms with Crippen molar-refractivity contribution in [2.45, 2.75) is 19.4 Å². The number of hydrazone groups is 1. The van der Waals surface area contributed by atoms with Gasteiger partial charge in [-0.25, -0.2) is 5.43 Å². The van der Waals surface area contributed by atoms with E-state index in [2.05, 4.69) is 20.4 Å². The van der Waals surface area contributed by atoms with Crippen LogP contribution in [0.3, 0.4) is 0 Å². The minimum Gasteiger partial charge on any atom is -0.299 e. The van der Waals surface area contributed by atoms with Crippen molar-refractivity contribution in [2.75, 3.05) is 13.1 Å². The van der Waals surface area contributed by atoms with Crippen LogP contribution in [0, 0.1) is 5.92 Å². The average molecular weight is 357 g/mol. The molecule has 0 spiro atoms. The molecule has 1 saturated heterocycles. The maximum Gasteiger partial charge on any atom is 0.243 e. The van der Waals surface area contributed by atoms with Gasteiger partial charge in [0, 0.05) is 23.7 Å². The molecule has 5 nitrogen and oxygen atoms in total. The summed E-state index contributed by atoms with van der Waals surface area (Å²) in [4.78, 5) is 18.7. The molecule has 0 saturated carbocycles. The molecule has 1 aromatic heterocycles. The molecule has 1 amide bonds. The highest BCUT2D eigenvalue weighted by molar-refractivity contribution is 6.30. The maximum atomic E-state index is 12.2. The molecule has 25 heavy (non-hydrogen) atoms. The predicted octanol–water partition coefficient (Wildman–Crippen LogP) is 3.10. The molecule has 0 bridgehead atoms. The van der Waals surface area contributed by atoms with Gasteiger partial charge in [0.05, 0.1) is 11.9 Å². The number of pyridine rings is 1. The monoisotopic (exact) mass is 356 g/mol. The molecule has 1 aromatic carbocycles. The molecule has 1 fully saturated rings. The number of hydrogen-bond donors (Lipinski definition) is 1. The van der Waals surface area contributed by atoms with Crippen molar-refractivity contribution in [1.29, 1.82) is 0 Å². The minimum absolute atomic E-state index is 0.0154. The smallest absolute Gasteiger partial charge is 0.243 e. The molecule has 6 heteroatoms. The van der Waals surface area contributed by atoms with Crippen LogP contribution < -0.4 is 5.43 Å². The first-order chi connectivity index (χ1) is 12.2. The van der Waals surface area contributed by atoms with Gasteiger partial charge in [0.2, 0.25) is 5.91 Å². The van der Waals surface area contributed by atoms with Crippen molar-refractivity contribution >= 4 is 23.7 Å². The van der Waals surface area contributed by atoms with Crippen LogP contribution in [0.5, 0.6) is 0 Å². The highest BCUT2D eigenvalue weighted by Crippen LogP contribution is 2.20. The van der Waals surface area contributed by atoms with Gasteiger partial charge in [-0.2, -0.15) is 5.10 Å². The summed E-state index contributed by atoms with van der Waals surface area (Å²) in [5.41, 5.74) is 4.59. The molecule has 0 aliphatic carbocycles. The number of likely N-dealkylation sites (tertiary alicyclic amines) is 1. The van der Waals surface area contributed by atoms with Crippen LogP contribution in [0.1, 0.15) is 24.1 Å². The van der Waals surface area contributed by atoms with E-state index in [-0.39, 0.29) is 11.8 Å². The van der Waals surface area contributed by atoms with Crippen molar-refractivity contribution in [3.05, 3.63) is 64.9 Å². The van der Waals surface area contributed by atoms with Crippen molar-refractivity contribution in [3.63, 3.8) is 0 Å². The van der Waals surface area contributed by atoms with Crippen molar-refractivity contribution in [3.8, 4) is 0 Å². The highest BCUT2D eigenvalue weighted by Gasteiger charge is 2.24. The molecule has 0 radical (unpaired) electrons. The Bertz CT molecular complexity index is 710. The Labute approximate surface area is 152 Å². The average Bonchev–Trinajstić information content (AvgIpc) is 2.65. The van der Waals surface area contributed by atoms with Gasteiger partial charge >= 0.3 is 0 Å². The predicted molar refractivity (Wildman–Crippen MR) is 99.4 cm³/mol. The quantitative estimate of drug-likeness (QED) is 0.661. The second-order valence-corrected chi connectivity index (χ2v) is 6.60. The van der Waals surface area contributed by atoms with E-state index in [4.69, 9.17) is 11.6 Å². The van der Waals surface area contributed by atoms with Gasteiger partial charge in [0.1, 0.15) is 0 Å². The topological polar surface area (TPSA) is 57.6 Å². The van der Waals surface area contributed by atoms with Gasteiger partial charge in [0.15, 0.2) is 0 Å².